The summed E-state index contributed by atoms with van der Waals surface area (Å²) in [6.07, 6.45) is 0. The highest BCUT2D eigenvalue weighted by Crippen LogP contribution is 2.30. The molecule has 0 saturated heterocycles. The lowest BCUT2D eigenvalue weighted by Gasteiger charge is -2.24. The Morgan fingerprint density at radius 2 is 2.05 bits per heavy atom. The van der Waals surface area contributed by atoms with E-state index in [9.17, 15) is 4.39 Å². The number of nitrogens with one attached hydrogen (secondary N) is 1. The van der Waals surface area contributed by atoms with E-state index >= 15 is 0 Å². The SMILES string of the molecule is CC(C)CNC(N)=NCC(C)(C)c1ccc(F)cc1Cl.I. The van der Waals surface area contributed by atoms with Crippen LogP contribution in [0.2, 0.25) is 5.02 Å². The molecule has 0 unspecified atom stereocenters. The van der Waals surface area contributed by atoms with Gasteiger partial charge >= 0.3 is 0 Å². The van der Waals surface area contributed by atoms with E-state index in [0.717, 1.165) is 12.1 Å². The quantitative estimate of drug-likeness (QED) is 0.425. The monoisotopic (exact) mass is 427 g/mol. The Bertz CT molecular complexity index is 490. The van der Waals surface area contributed by atoms with Gasteiger partial charge in [0.2, 0.25) is 0 Å². The molecule has 0 spiro atoms. The Morgan fingerprint density at radius 1 is 1.43 bits per heavy atom. The summed E-state index contributed by atoms with van der Waals surface area (Å²) in [7, 11) is 0. The summed E-state index contributed by atoms with van der Waals surface area (Å²) in [6, 6.07) is 4.43. The van der Waals surface area contributed by atoms with E-state index in [1.165, 1.54) is 12.1 Å². The highest BCUT2D eigenvalue weighted by molar-refractivity contribution is 14.0. The highest BCUT2D eigenvalue weighted by Gasteiger charge is 2.23. The molecule has 0 amide bonds. The molecule has 120 valence electrons. The molecule has 21 heavy (non-hydrogen) atoms. The normalized spacial score (nSPS) is 12.2. The summed E-state index contributed by atoms with van der Waals surface area (Å²) in [5.41, 5.74) is 6.37. The minimum atomic E-state index is -0.337. The average molecular weight is 428 g/mol. The minimum Gasteiger partial charge on any atom is -0.370 e. The first kappa shape index (κ1) is 20.4. The van der Waals surface area contributed by atoms with Gasteiger partial charge in [0, 0.05) is 17.0 Å². The third kappa shape index (κ3) is 6.82. The minimum absolute atomic E-state index is 0. The van der Waals surface area contributed by atoms with E-state index < -0.39 is 0 Å². The van der Waals surface area contributed by atoms with Crippen molar-refractivity contribution in [1.29, 1.82) is 0 Å². The second kappa shape index (κ2) is 8.78. The van der Waals surface area contributed by atoms with Gasteiger partial charge in [-0.1, -0.05) is 45.4 Å². The van der Waals surface area contributed by atoms with Crippen molar-refractivity contribution in [3.05, 3.63) is 34.6 Å². The molecule has 1 aromatic carbocycles. The van der Waals surface area contributed by atoms with E-state index in [-0.39, 0.29) is 35.2 Å². The molecule has 0 aliphatic carbocycles. The molecule has 3 N–H and O–H groups in total. The number of aliphatic imine (C=N–C) groups is 1. The van der Waals surface area contributed by atoms with Crippen molar-refractivity contribution in [2.24, 2.45) is 16.6 Å². The van der Waals surface area contributed by atoms with Gasteiger partial charge in [-0.15, -0.1) is 24.0 Å². The summed E-state index contributed by atoms with van der Waals surface area (Å²) in [5.74, 6) is 0.587. The molecule has 0 heterocycles. The molecule has 3 nitrogen and oxygen atoms in total. The first-order chi connectivity index (χ1) is 9.22. The van der Waals surface area contributed by atoms with Crippen molar-refractivity contribution in [3.8, 4) is 0 Å². The molecule has 0 aromatic heterocycles. The fraction of sp³-hybridized carbons (Fsp3) is 0.533. The van der Waals surface area contributed by atoms with E-state index in [2.05, 4.69) is 24.2 Å². The first-order valence-electron chi connectivity index (χ1n) is 6.71. The van der Waals surface area contributed by atoms with Crippen molar-refractivity contribution in [3.63, 3.8) is 0 Å². The Labute approximate surface area is 148 Å². The summed E-state index contributed by atoms with van der Waals surface area (Å²) in [6.45, 7) is 9.48. The maximum Gasteiger partial charge on any atom is 0.188 e. The number of halogens is 3. The maximum atomic E-state index is 13.1. The molecule has 0 atom stereocenters. The third-order valence-electron chi connectivity index (χ3n) is 3.00. The standard InChI is InChI=1S/C15H23ClFN3.HI/c1-10(2)8-19-14(18)20-9-15(3,4)12-6-5-11(17)7-13(12)16;/h5-7,10H,8-9H2,1-4H3,(H3,18,19,20);1H. The predicted octanol–water partition coefficient (Wildman–Crippen LogP) is 3.94. The Kier molecular flexibility index (Phi) is 8.54. The van der Waals surface area contributed by atoms with Crippen LogP contribution in [0.25, 0.3) is 0 Å². The number of rotatable bonds is 5. The first-order valence-corrected chi connectivity index (χ1v) is 7.09. The summed E-state index contributed by atoms with van der Waals surface area (Å²) < 4.78 is 13.1. The Hall–Kier alpha value is -0.560. The van der Waals surface area contributed by atoms with E-state index in [0.29, 0.717) is 23.4 Å². The Balaban J connectivity index is 0.00000400. The third-order valence-corrected chi connectivity index (χ3v) is 3.31. The molecule has 0 aliphatic rings. The van der Waals surface area contributed by atoms with Gasteiger partial charge < -0.3 is 11.1 Å². The topological polar surface area (TPSA) is 50.4 Å². The molecular weight excluding hydrogens is 404 g/mol. The van der Waals surface area contributed by atoms with Crippen LogP contribution in [-0.2, 0) is 5.41 Å². The van der Waals surface area contributed by atoms with Gasteiger partial charge in [0.05, 0.1) is 6.54 Å². The number of hydrogen-bond acceptors (Lipinski definition) is 1. The smallest absolute Gasteiger partial charge is 0.188 e. The number of hydrogen-bond donors (Lipinski definition) is 2. The van der Waals surface area contributed by atoms with Gasteiger partial charge in [-0.05, 0) is 23.6 Å². The van der Waals surface area contributed by atoms with Crippen molar-refractivity contribution in [2.75, 3.05) is 13.1 Å². The second-order valence-corrected chi connectivity index (χ2v) is 6.39. The van der Waals surface area contributed by atoms with Gasteiger partial charge in [-0.25, -0.2) is 4.39 Å². The van der Waals surface area contributed by atoms with Gasteiger partial charge in [0.15, 0.2) is 5.96 Å². The van der Waals surface area contributed by atoms with Crippen LogP contribution in [0.5, 0.6) is 0 Å². The zero-order chi connectivity index (χ0) is 15.3. The molecule has 0 bridgehead atoms. The zero-order valence-corrected chi connectivity index (χ0v) is 16.0. The lowest BCUT2D eigenvalue weighted by molar-refractivity contribution is 0.534. The number of nitrogens with two attached hydrogens (primary N) is 1. The van der Waals surface area contributed by atoms with Crippen LogP contribution >= 0.6 is 35.6 Å². The second-order valence-electron chi connectivity index (χ2n) is 5.98. The van der Waals surface area contributed by atoms with Crippen molar-refractivity contribution in [2.45, 2.75) is 33.1 Å². The molecule has 0 fully saturated rings. The molecule has 6 heteroatoms. The highest BCUT2D eigenvalue weighted by atomic mass is 127. The van der Waals surface area contributed by atoms with Gasteiger partial charge in [-0.3, -0.25) is 4.99 Å². The fourth-order valence-corrected chi connectivity index (χ4v) is 2.19. The molecule has 0 saturated carbocycles. The Morgan fingerprint density at radius 3 is 2.57 bits per heavy atom. The van der Waals surface area contributed by atoms with Crippen LogP contribution in [0.3, 0.4) is 0 Å². The van der Waals surface area contributed by atoms with Gasteiger partial charge in [0.1, 0.15) is 5.82 Å². The van der Waals surface area contributed by atoms with E-state index in [4.69, 9.17) is 17.3 Å². The van der Waals surface area contributed by atoms with Crippen LogP contribution in [0.15, 0.2) is 23.2 Å². The number of guanidine groups is 1. The molecule has 1 rings (SSSR count). The largest absolute Gasteiger partial charge is 0.370 e. The lowest BCUT2D eigenvalue weighted by Crippen LogP contribution is -2.35. The fourth-order valence-electron chi connectivity index (χ4n) is 1.77. The number of nitrogens with zero attached hydrogens (tertiary/aromatic N) is 1. The van der Waals surface area contributed by atoms with Crippen LogP contribution in [0.1, 0.15) is 33.3 Å². The van der Waals surface area contributed by atoms with Crippen LogP contribution in [0, 0.1) is 11.7 Å². The summed E-state index contributed by atoms with van der Waals surface area (Å²) in [5, 5.41) is 3.48. The van der Waals surface area contributed by atoms with Crippen LogP contribution in [0.4, 0.5) is 4.39 Å². The van der Waals surface area contributed by atoms with Crippen LogP contribution < -0.4 is 11.1 Å². The zero-order valence-electron chi connectivity index (χ0n) is 12.9. The summed E-state index contributed by atoms with van der Waals surface area (Å²) >= 11 is 6.10. The number of benzene rings is 1. The van der Waals surface area contributed by atoms with Crippen LogP contribution in [-0.4, -0.2) is 19.0 Å². The lowest BCUT2D eigenvalue weighted by atomic mass is 9.84. The van der Waals surface area contributed by atoms with Crippen molar-refractivity contribution >= 4 is 41.5 Å². The summed E-state index contributed by atoms with van der Waals surface area (Å²) in [4.78, 5) is 4.34. The predicted molar refractivity (Wildman–Crippen MR) is 99.2 cm³/mol. The molecule has 0 radical (unpaired) electrons. The van der Waals surface area contributed by atoms with E-state index in [1.54, 1.807) is 6.07 Å². The molecule has 0 aliphatic heterocycles. The van der Waals surface area contributed by atoms with Gasteiger partial charge in [0.25, 0.3) is 0 Å². The van der Waals surface area contributed by atoms with Crippen molar-refractivity contribution in [1.82, 2.24) is 5.32 Å². The van der Waals surface area contributed by atoms with Gasteiger partial charge in [-0.2, -0.15) is 0 Å². The average Bonchev–Trinajstić information content (AvgIpc) is 2.33. The van der Waals surface area contributed by atoms with E-state index in [1.807, 2.05) is 13.8 Å². The molecular formula is C15H24ClFIN3. The maximum absolute atomic E-state index is 13.1. The van der Waals surface area contributed by atoms with Crippen molar-refractivity contribution < 1.29 is 4.39 Å². The molecule has 1 aromatic rings.